The standard InChI is InChI=1S/C39H28Cl2N2O4/c40-28-7-3-24(4-8-28)26-16-30(34-20-42-46-38(34)18-26)32-14-22(1-11-36(32)44)13-23-2-12-37(45)33(15-23)31-17-27(19-39-35(31)21-43-47-39)25-5-9-29(41)10-6-25/h1-12,14-15,18-21,30-31,44-45H,13,16-17H2. The Morgan fingerprint density at radius 1 is 0.574 bits per heavy atom. The van der Waals surface area contributed by atoms with Crippen molar-refractivity contribution in [2.45, 2.75) is 31.1 Å². The van der Waals surface area contributed by atoms with E-state index >= 15 is 0 Å². The number of hydrogen-bond acceptors (Lipinski definition) is 6. The summed E-state index contributed by atoms with van der Waals surface area (Å²) in [7, 11) is 0. The molecule has 6 nitrogen and oxygen atoms in total. The summed E-state index contributed by atoms with van der Waals surface area (Å²) in [5.41, 5.74) is 9.81. The quantitative estimate of drug-likeness (QED) is 0.185. The van der Waals surface area contributed by atoms with Crippen molar-refractivity contribution in [2.75, 3.05) is 0 Å². The summed E-state index contributed by atoms with van der Waals surface area (Å²) >= 11 is 12.3. The van der Waals surface area contributed by atoms with Gasteiger partial charge in [-0.2, -0.15) is 0 Å². The molecule has 2 aliphatic carbocycles. The van der Waals surface area contributed by atoms with Crippen LogP contribution in [0.15, 0.2) is 106 Å². The molecule has 0 fully saturated rings. The summed E-state index contributed by atoms with van der Waals surface area (Å²) in [4.78, 5) is 0. The van der Waals surface area contributed by atoms with Gasteiger partial charge in [0.15, 0.2) is 11.5 Å². The Kier molecular flexibility index (Phi) is 7.47. The van der Waals surface area contributed by atoms with Crippen LogP contribution in [0.2, 0.25) is 10.0 Å². The molecule has 2 N–H and O–H groups in total. The first-order chi connectivity index (χ1) is 22.9. The minimum absolute atomic E-state index is 0.144. The van der Waals surface area contributed by atoms with Crippen molar-refractivity contribution in [3.8, 4) is 11.5 Å². The predicted octanol–water partition coefficient (Wildman–Crippen LogP) is 10.1. The monoisotopic (exact) mass is 658 g/mol. The molecule has 4 aromatic carbocycles. The maximum atomic E-state index is 11.1. The number of benzene rings is 4. The largest absolute Gasteiger partial charge is 0.508 e. The SMILES string of the molecule is Oc1ccc(Cc2ccc(O)c(C3CC(c4ccc(Cl)cc4)=Cc4oncc43)c2)cc1C1CC(c2ccc(Cl)cc2)=Cc2oncc21. The fourth-order valence-electron chi connectivity index (χ4n) is 6.86. The van der Waals surface area contributed by atoms with Gasteiger partial charge in [0, 0.05) is 44.1 Å². The van der Waals surface area contributed by atoms with E-state index in [2.05, 4.69) is 22.4 Å². The third-order valence-corrected chi connectivity index (χ3v) is 9.74. The van der Waals surface area contributed by atoms with Crippen molar-refractivity contribution in [2.24, 2.45) is 0 Å². The number of allylic oxidation sites excluding steroid dienone is 2. The number of rotatable bonds is 6. The van der Waals surface area contributed by atoms with Crippen molar-refractivity contribution < 1.29 is 19.3 Å². The number of halogens is 2. The number of hydrogen-bond donors (Lipinski definition) is 2. The number of fused-ring (bicyclic) bond motifs is 2. The van der Waals surface area contributed by atoms with E-state index in [1.807, 2.05) is 72.8 Å². The van der Waals surface area contributed by atoms with Crippen LogP contribution in [-0.4, -0.2) is 20.5 Å². The summed E-state index contributed by atoms with van der Waals surface area (Å²) < 4.78 is 11.2. The molecular weight excluding hydrogens is 631 g/mol. The first-order valence-corrected chi connectivity index (χ1v) is 16.1. The highest BCUT2D eigenvalue weighted by molar-refractivity contribution is 6.30. The molecule has 0 spiro atoms. The molecule has 2 aliphatic rings. The molecule has 0 saturated heterocycles. The van der Waals surface area contributed by atoms with Gasteiger partial charge in [-0.3, -0.25) is 0 Å². The molecule has 0 aliphatic heterocycles. The fraction of sp³-hybridized carbons (Fsp3) is 0.128. The van der Waals surface area contributed by atoms with Gasteiger partial charge >= 0.3 is 0 Å². The van der Waals surface area contributed by atoms with Crippen LogP contribution in [0.1, 0.15) is 80.7 Å². The van der Waals surface area contributed by atoms with E-state index in [0.29, 0.717) is 40.8 Å². The van der Waals surface area contributed by atoms with E-state index in [1.54, 1.807) is 24.5 Å². The van der Waals surface area contributed by atoms with Crippen molar-refractivity contribution in [1.82, 2.24) is 10.3 Å². The average Bonchev–Trinajstić information content (AvgIpc) is 3.76. The number of nitrogens with zero attached hydrogens (tertiary/aromatic N) is 2. The van der Waals surface area contributed by atoms with Gasteiger partial charge in [-0.15, -0.1) is 0 Å². The molecule has 47 heavy (non-hydrogen) atoms. The van der Waals surface area contributed by atoms with Gasteiger partial charge in [0.1, 0.15) is 11.5 Å². The van der Waals surface area contributed by atoms with Crippen LogP contribution in [0, 0.1) is 0 Å². The third-order valence-electron chi connectivity index (χ3n) is 9.24. The summed E-state index contributed by atoms with van der Waals surface area (Å²) in [6.45, 7) is 0. The van der Waals surface area contributed by atoms with Gasteiger partial charge < -0.3 is 19.3 Å². The van der Waals surface area contributed by atoms with Crippen LogP contribution >= 0.6 is 23.2 Å². The Labute approximate surface area is 281 Å². The molecule has 6 aromatic rings. The Morgan fingerprint density at radius 3 is 1.43 bits per heavy atom. The second-order valence-corrected chi connectivity index (χ2v) is 13.0. The lowest BCUT2D eigenvalue weighted by atomic mass is 9.79. The van der Waals surface area contributed by atoms with Crippen LogP contribution in [0.5, 0.6) is 11.5 Å². The van der Waals surface area contributed by atoms with E-state index in [-0.39, 0.29) is 23.3 Å². The van der Waals surface area contributed by atoms with E-state index in [4.69, 9.17) is 32.2 Å². The zero-order valence-corrected chi connectivity index (χ0v) is 26.5. The van der Waals surface area contributed by atoms with E-state index in [1.165, 1.54) is 0 Å². The highest BCUT2D eigenvalue weighted by atomic mass is 35.5. The van der Waals surface area contributed by atoms with Crippen LogP contribution < -0.4 is 0 Å². The minimum atomic E-state index is -0.144. The summed E-state index contributed by atoms with van der Waals surface area (Å²) in [6.07, 6.45) is 9.45. The van der Waals surface area contributed by atoms with Gasteiger partial charge in [0.2, 0.25) is 0 Å². The Hall–Kier alpha value is -5.04. The van der Waals surface area contributed by atoms with Gasteiger partial charge in [0.25, 0.3) is 0 Å². The van der Waals surface area contributed by atoms with Crippen molar-refractivity contribution in [3.05, 3.63) is 163 Å². The van der Waals surface area contributed by atoms with E-state index < -0.39 is 0 Å². The summed E-state index contributed by atoms with van der Waals surface area (Å²) in [5, 5.41) is 31.7. The molecule has 0 bridgehead atoms. The first kappa shape index (κ1) is 29.4. The number of phenolic OH excluding ortho intramolecular Hbond substituents is 2. The lowest BCUT2D eigenvalue weighted by molar-refractivity contribution is 0.410. The zero-order chi connectivity index (χ0) is 32.1. The highest BCUT2D eigenvalue weighted by Gasteiger charge is 2.30. The van der Waals surface area contributed by atoms with E-state index in [9.17, 15) is 10.2 Å². The molecule has 0 amide bonds. The van der Waals surface area contributed by atoms with Gasteiger partial charge in [-0.25, -0.2) is 0 Å². The van der Waals surface area contributed by atoms with Crippen LogP contribution in [-0.2, 0) is 6.42 Å². The minimum Gasteiger partial charge on any atom is -0.508 e. The molecule has 8 heteroatoms. The zero-order valence-electron chi connectivity index (χ0n) is 25.0. The fourth-order valence-corrected chi connectivity index (χ4v) is 7.11. The average molecular weight is 660 g/mol. The molecule has 2 unspecified atom stereocenters. The molecular formula is C39H28Cl2N2O4. The van der Waals surface area contributed by atoms with Crippen molar-refractivity contribution in [1.29, 1.82) is 0 Å². The third kappa shape index (κ3) is 5.64. The summed E-state index contributed by atoms with van der Waals surface area (Å²) in [6, 6.07) is 27.0. The molecule has 0 saturated carbocycles. The Morgan fingerprint density at radius 2 is 1.00 bits per heavy atom. The second kappa shape index (κ2) is 12.0. The lowest BCUT2D eigenvalue weighted by Crippen LogP contribution is -2.09. The van der Waals surface area contributed by atoms with Crippen LogP contribution in [0.3, 0.4) is 0 Å². The van der Waals surface area contributed by atoms with Crippen LogP contribution in [0.25, 0.3) is 23.3 Å². The van der Waals surface area contributed by atoms with Gasteiger partial charge in [-0.05, 0) is 101 Å². The number of aromatic hydroxyl groups is 2. The molecule has 2 heterocycles. The van der Waals surface area contributed by atoms with Crippen molar-refractivity contribution in [3.63, 3.8) is 0 Å². The topological polar surface area (TPSA) is 92.5 Å². The van der Waals surface area contributed by atoms with Gasteiger partial charge in [-0.1, -0.05) is 82.0 Å². The lowest BCUT2D eigenvalue weighted by Gasteiger charge is -2.24. The Bertz CT molecular complexity index is 2020. The second-order valence-electron chi connectivity index (χ2n) is 12.1. The molecule has 2 aromatic heterocycles. The number of phenols is 2. The molecule has 8 rings (SSSR count). The molecule has 2 atom stereocenters. The smallest absolute Gasteiger partial charge is 0.163 e. The number of aromatic nitrogens is 2. The normalized spacial score (nSPS) is 17.1. The summed E-state index contributed by atoms with van der Waals surface area (Å²) in [5.74, 6) is 1.53. The van der Waals surface area contributed by atoms with Crippen molar-refractivity contribution >= 4 is 46.5 Å². The maximum absolute atomic E-state index is 11.1. The van der Waals surface area contributed by atoms with Crippen LogP contribution in [0.4, 0.5) is 0 Å². The Balaban J connectivity index is 1.10. The van der Waals surface area contributed by atoms with E-state index in [0.717, 1.165) is 55.7 Å². The van der Waals surface area contributed by atoms with Gasteiger partial charge in [0.05, 0.1) is 12.4 Å². The predicted molar refractivity (Wildman–Crippen MR) is 184 cm³/mol. The highest BCUT2D eigenvalue weighted by Crippen LogP contribution is 2.46. The molecule has 232 valence electrons. The maximum Gasteiger partial charge on any atom is 0.163 e. The first-order valence-electron chi connectivity index (χ1n) is 15.4. The molecule has 0 radical (unpaired) electrons.